The summed E-state index contributed by atoms with van der Waals surface area (Å²) in [7, 11) is 1.91. The lowest BCUT2D eigenvalue weighted by atomic mass is 10.1. The van der Waals surface area contributed by atoms with Crippen LogP contribution >= 0.6 is 0 Å². The number of rotatable bonds is 5. The zero-order chi connectivity index (χ0) is 11.4. The zero-order valence-electron chi connectivity index (χ0n) is 9.99. The van der Waals surface area contributed by atoms with E-state index in [0.29, 0.717) is 6.04 Å². The summed E-state index contributed by atoms with van der Waals surface area (Å²) in [6.45, 7) is 6.34. The highest BCUT2D eigenvalue weighted by Crippen LogP contribution is 2.17. The van der Waals surface area contributed by atoms with Gasteiger partial charge >= 0.3 is 0 Å². The fraction of sp³-hybridized carbons (Fsp3) is 0.727. The molecule has 0 bridgehead atoms. The maximum absolute atomic E-state index is 9.36. The Bertz CT molecular complexity index is 307. The second-order valence-electron chi connectivity index (χ2n) is 4.11. The molecule has 1 heterocycles. The highest BCUT2D eigenvalue weighted by molar-refractivity contribution is 5.21. The third-order valence-corrected chi connectivity index (χ3v) is 2.36. The molecule has 0 radical (unpaired) electrons. The van der Waals surface area contributed by atoms with Crippen molar-refractivity contribution in [1.29, 1.82) is 0 Å². The lowest BCUT2D eigenvalue weighted by molar-refractivity contribution is 0.236. The molecule has 0 aliphatic rings. The Labute approximate surface area is 91.3 Å². The first-order valence-corrected chi connectivity index (χ1v) is 5.47. The number of nitrogens with one attached hydrogen (secondary N) is 1. The van der Waals surface area contributed by atoms with Gasteiger partial charge in [0.25, 0.3) is 0 Å². The SMILES string of the molecule is CCc1nn(C)cc1C(CO)NC(C)C. The van der Waals surface area contributed by atoms with Crippen LogP contribution in [0.25, 0.3) is 0 Å². The van der Waals surface area contributed by atoms with Crippen molar-refractivity contribution < 1.29 is 5.11 Å². The van der Waals surface area contributed by atoms with Crippen molar-refractivity contribution in [1.82, 2.24) is 15.1 Å². The first-order valence-electron chi connectivity index (χ1n) is 5.47. The Morgan fingerprint density at radius 2 is 2.20 bits per heavy atom. The van der Waals surface area contributed by atoms with Crippen LogP contribution in [0.4, 0.5) is 0 Å². The van der Waals surface area contributed by atoms with Gasteiger partial charge in [0.05, 0.1) is 18.3 Å². The van der Waals surface area contributed by atoms with Gasteiger partial charge in [0.15, 0.2) is 0 Å². The summed E-state index contributed by atoms with van der Waals surface area (Å²) in [5.74, 6) is 0. The lowest BCUT2D eigenvalue weighted by Gasteiger charge is -2.18. The number of aromatic nitrogens is 2. The van der Waals surface area contributed by atoms with E-state index in [0.717, 1.165) is 17.7 Å². The zero-order valence-corrected chi connectivity index (χ0v) is 9.99. The summed E-state index contributed by atoms with van der Waals surface area (Å²) in [6, 6.07) is 0.348. The van der Waals surface area contributed by atoms with Crippen LogP contribution in [0.5, 0.6) is 0 Å². The fourth-order valence-electron chi connectivity index (χ4n) is 1.76. The normalized spacial score (nSPS) is 13.5. The van der Waals surface area contributed by atoms with Crippen molar-refractivity contribution in [2.24, 2.45) is 7.05 Å². The Morgan fingerprint density at radius 3 is 2.67 bits per heavy atom. The highest BCUT2D eigenvalue weighted by atomic mass is 16.3. The largest absolute Gasteiger partial charge is 0.394 e. The minimum absolute atomic E-state index is 0.00588. The number of aryl methyl sites for hydroxylation is 2. The topological polar surface area (TPSA) is 50.1 Å². The molecule has 1 aromatic heterocycles. The molecule has 15 heavy (non-hydrogen) atoms. The lowest BCUT2D eigenvalue weighted by Crippen LogP contribution is -2.30. The molecule has 1 unspecified atom stereocenters. The Balaban J connectivity index is 2.89. The Kier molecular flexibility index (Phi) is 4.29. The van der Waals surface area contributed by atoms with E-state index in [1.165, 1.54) is 0 Å². The van der Waals surface area contributed by atoms with Crippen LogP contribution in [0, 0.1) is 0 Å². The molecule has 1 atom stereocenters. The van der Waals surface area contributed by atoms with Gasteiger partial charge in [0.2, 0.25) is 0 Å². The van der Waals surface area contributed by atoms with Gasteiger partial charge in [-0.2, -0.15) is 5.10 Å². The van der Waals surface area contributed by atoms with E-state index in [1.54, 1.807) is 4.68 Å². The fourth-order valence-corrected chi connectivity index (χ4v) is 1.76. The van der Waals surface area contributed by atoms with Gasteiger partial charge in [0.1, 0.15) is 0 Å². The third-order valence-electron chi connectivity index (χ3n) is 2.36. The second-order valence-corrected chi connectivity index (χ2v) is 4.11. The molecule has 0 amide bonds. The van der Waals surface area contributed by atoms with E-state index in [9.17, 15) is 5.11 Å². The molecule has 1 rings (SSSR count). The first-order chi connectivity index (χ1) is 7.08. The quantitative estimate of drug-likeness (QED) is 0.764. The van der Waals surface area contributed by atoms with Crippen LogP contribution in [0.2, 0.25) is 0 Å². The van der Waals surface area contributed by atoms with Gasteiger partial charge in [-0.3, -0.25) is 4.68 Å². The Hall–Kier alpha value is -0.870. The minimum Gasteiger partial charge on any atom is -0.394 e. The van der Waals surface area contributed by atoms with Gasteiger partial charge in [-0.15, -0.1) is 0 Å². The second kappa shape index (κ2) is 5.28. The molecule has 4 nitrogen and oxygen atoms in total. The smallest absolute Gasteiger partial charge is 0.0670 e. The molecule has 4 heteroatoms. The number of hydrogen-bond acceptors (Lipinski definition) is 3. The molecule has 2 N–H and O–H groups in total. The van der Waals surface area contributed by atoms with Crippen molar-refractivity contribution in [2.75, 3.05) is 6.61 Å². The van der Waals surface area contributed by atoms with Gasteiger partial charge in [-0.1, -0.05) is 20.8 Å². The molecule has 0 fully saturated rings. The number of hydrogen-bond donors (Lipinski definition) is 2. The average Bonchev–Trinajstić information content (AvgIpc) is 2.55. The average molecular weight is 211 g/mol. The van der Waals surface area contributed by atoms with E-state index in [-0.39, 0.29) is 12.6 Å². The van der Waals surface area contributed by atoms with E-state index in [1.807, 2.05) is 13.2 Å². The number of aliphatic hydroxyl groups is 1. The summed E-state index contributed by atoms with van der Waals surface area (Å²) in [4.78, 5) is 0. The summed E-state index contributed by atoms with van der Waals surface area (Å²) >= 11 is 0. The van der Waals surface area contributed by atoms with Crippen molar-refractivity contribution in [3.63, 3.8) is 0 Å². The highest BCUT2D eigenvalue weighted by Gasteiger charge is 2.17. The molecular weight excluding hydrogens is 190 g/mol. The maximum Gasteiger partial charge on any atom is 0.0670 e. The van der Waals surface area contributed by atoms with E-state index < -0.39 is 0 Å². The van der Waals surface area contributed by atoms with Crippen molar-refractivity contribution in [2.45, 2.75) is 39.3 Å². The van der Waals surface area contributed by atoms with Gasteiger partial charge < -0.3 is 10.4 Å². The molecule has 86 valence electrons. The standard InChI is InChI=1S/C11H21N3O/c1-5-10-9(6-14(4)13-10)11(7-15)12-8(2)3/h6,8,11-12,15H,5,7H2,1-4H3. The van der Waals surface area contributed by atoms with Crippen LogP contribution in [0.15, 0.2) is 6.20 Å². The summed E-state index contributed by atoms with van der Waals surface area (Å²) in [5.41, 5.74) is 2.17. The molecule has 0 aliphatic heterocycles. The minimum atomic E-state index is -0.00588. The molecule has 0 saturated heterocycles. The monoisotopic (exact) mass is 211 g/mol. The molecule has 0 aromatic carbocycles. The molecule has 0 spiro atoms. The van der Waals surface area contributed by atoms with Crippen LogP contribution in [-0.2, 0) is 13.5 Å². The predicted octanol–water partition coefficient (Wildman–Crippen LogP) is 1.01. The van der Waals surface area contributed by atoms with Crippen molar-refractivity contribution in [3.05, 3.63) is 17.5 Å². The van der Waals surface area contributed by atoms with Crippen LogP contribution in [0.1, 0.15) is 38.1 Å². The molecular formula is C11H21N3O. The van der Waals surface area contributed by atoms with Gasteiger partial charge in [-0.05, 0) is 6.42 Å². The van der Waals surface area contributed by atoms with E-state index in [4.69, 9.17) is 0 Å². The van der Waals surface area contributed by atoms with Crippen molar-refractivity contribution in [3.8, 4) is 0 Å². The van der Waals surface area contributed by atoms with Crippen LogP contribution in [0.3, 0.4) is 0 Å². The molecule has 0 aliphatic carbocycles. The van der Waals surface area contributed by atoms with Gasteiger partial charge in [-0.25, -0.2) is 0 Å². The molecule has 0 saturated carbocycles. The predicted molar refractivity (Wildman–Crippen MR) is 60.7 cm³/mol. The molecule has 1 aromatic rings. The summed E-state index contributed by atoms with van der Waals surface area (Å²) in [5, 5.41) is 17.1. The maximum atomic E-state index is 9.36. The van der Waals surface area contributed by atoms with E-state index in [2.05, 4.69) is 31.2 Å². The summed E-state index contributed by atoms with van der Waals surface area (Å²) < 4.78 is 1.80. The van der Waals surface area contributed by atoms with E-state index >= 15 is 0 Å². The summed E-state index contributed by atoms with van der Waals surface area (Å²) in [6.07, 6.45) is 2.88. The third kappa shape index (κ3) is 3.04. The number of aliphatic hydroxyl groups excluding tert-OH is 1. The van der Waals surface area contributed by atoms with Crippen molar-refractivity contribution >= 4 is 0 Å². The first kappa shape index (κ1) is 12.2. The van der Waals surface area contributed by atoms with Crippen LogP contribution < -0.4 is 5.32 Å². The van der Waals surface area contributed by atoms with Crippen LogP contribution in [-0.4, -0.2) is 27.5 Å². The Morgan fingerprint density at radius 1 is 1.53 bits per heavy atom. The number of nitrogens with zero attached hydrogens (tertiary/aromatic N) is 2. The van der Waals surface area contributed by atoms with Gasteiger partial charge in [0, 0.05) is 24.8 Å².